The summed E-state index contributed by atoms with van der Waals surface area (Å²) in [5.41, 5.74) is 1.34. The number of carbonyl (C=O) groups excluding carboxylic acids is 1. The molecule has 0 spiro atoms. The highest BCUT2D eigenvalue weighted by Gasteiger charge is 2.45. The molecule has 2 unspecified atom stereocenters. The lowest BCUT2D eigenvalue weighted by Crippen LogP contribution is -2.16. The number of sulfonamides is 1. The van der Waals surface area contributed by atoms with Crippen molar-refractivity contribution >= 4 is 27.3 Å². The highest BCUT2D eigenvalue weighted by Crippen LogP contribution is 2.48. The van der Waals surface area contributed by atoms with Gasteiger partial charge >= 0.3 is 0 Å². The highest BCUT2D eigenvalue weighted by molar-refractivity contribution is 7.92. The Morgan fingerprint density at radius 3 is 2.67 bits per heavy atom. The van der Waals surface area contributed by atoms with Crippen LogP contribution >= 0.6 is 0 Å². The lowest BCUT2D eigenvalue weighted by molar-refractivity contribution is -0.117. The van der Waals surface area contributed by atoms with E-state index in [-0.39, 0.29) is 29.3 Å². The number of amides is 1. The molecule has 1 aliphatic carbocycles. The molecule has 144 valence electrons. The van der Waals surface area contributed by atoms with Crippen molar-refractivity contribution in [2.45, 2.75) is 19.3 Å². The van der Waals surface area contributed by atoms with Gasteiger partial charge in [0.25, 0.3) is 0 Å². The monoisotopic (exact) mass is 392 g/mol. The normalized spacial score (nSPS) is 18.6. The number of halogens is 1. The van der Waals surface area contributed by atoms with Gasteiger partial charge < -0.3 is 10.1 Å². The zero-order valence-electron chi connectivity index (χ0n) is 15.0. The molecule has 27 heavy (non-hydrogen) atoms. The van der Waals surface area contributed by atoms with Gasteiger partial charge in [0.15, 0.2) is 0 Å². The molecule has 2 N–H and O–H groups in total. The smallest absolute Gasteiger partial charge is 0.232 e. The predicted octanol–water partition coefficient (Wildman–Crippen LogP) is 3.34. The fraction of sp³-hybridized carbons (Fsp3) is 0.316. The number of carbonyl (C=O) groups is 1. The molecule has 0 aliphatic heterocycles. The predicted molar refractivity (Wildman–Crippen MR) is 102 cm³/mol. The Hall–Kier alpha value is -2.61. The number of anilines is 2. The van der Waals surface area contributed by atoms with Crippen molar-refractivity contribution in [1.29, 1.82) is 0 Å². The first kappa shape index (κ1) is 19.2. The first-order chi connectivity index (χ1) is 12.8. The van der Waals surface area contributed by atoms with Crippen LogP contribution in [0.25, 0.3) is 0 Å². The third-order valence-corrected chi connectivity index (χ3v) is 5.84. The van der Waals surface area contributed by atoms with Gasteiger partial charge in [0.2, 0.25) is 15.9 Å². The Kier molecular flexibility index (Phi) is 5.36. The number of rotatable bonds is 7. The van der Waals surface area contributed by atoms with Crippen molar-refractivity contribution in [2.75, 3.05) is 22.9 Å². The average Bonchev–Trinajstić information content (AvgIpc) is 3.44. The van der Waals surface area contributed by atoms with Gasteiger partial charge in [-0.05, 0) is 43.0 Å². The number of hydrogen-bond donors (Lipinski definition) is 2. The SMILES string of the molecule is CCS(=O)(=O)Nc1ccc(NC(=O)C2CC2c2ccccc2F)cc1OC. The van der Waals surface area contributed by atoms with Crippen LogP contribution in [0.1, 0.15) is 24.8 Å². The summed E-state index contributed by atoms with van der Waals surface area (Å²) in [5, 5.41) is 2.78. The highest BCUT2D eigenvalue weighted by atomic mass is 32.2. The summed E-state index contributed by atoms with van der Waals surface area (Å²) in [4.78, 5) is 12.4. The zero-order valence-corrected chi connectivity index (χ0v) is 15.8. The van der Waals surface area contributed by atoms with Crippen LogP contribution in [0, 0.1) is 11.7 Å². The van der Waals surface area contributed by atoms with Crippen LogP contribution in [0.5, 0.6) is 5.75 Å². The van der Waals surface area contributed by atoms with E-state index in [0.29, 0.717) is 29.1 Å². The van der Waals surface area contributed by atoms with Gasteiger partial charge in [-0.15, -0.1) is 0 Å². The van der Waals surface area contributed by atoms with Gasteiger partial charge in [-0.3, -0.25) is 9.52 Å². The number of methoxy groups -OCH3 is 1. The molecule has 2 atom stereocenters. The molecule has 0 saturated heterocycles. The van der Waals surface area contributed by atoms with Crippen LogP contribution in [0.4, 0.5) is 15.8 Å². The van der Waals surface area contributed by atoms with Crippen LogP contribution in [-0.2, 0) is 14.8 Å². The Bertz CT molecular complexity index is 962. The van der Waals surface area contributed by atoms with Crippen LogP contribution < -0.4 is 14.8 Å². The molecular formula is C19H21FN2O4S. The number of hydrogen-bond acceptors (Lipinski definition) is 4. The standard InChI is InChI=1S/C19H21FN2O4S/c1-3-27(24,25)22-17-9-8-12(10-18(17)26-2)21-19(23)15-11-14(15)13-6-4-5-7-16(13)20/h4-10,14-15,22H,3,11H2,1-2H3,(H,21,23). The summed E-state index contributed by atoms with van der Waals surface area (Å²) in [6.07, 6.45) is 0.596. The fourth-order valence-corrected chi connectivity index (χ4v) is 3.58. The molecule has 0 heterocycles. The first-order valence-electron chi connectivity index (χ1n) is 8.58. The Morgan fingerprint density at radius 1 is 1.26 bits per heavy atom. The quantitative estimate of drug-likeness (QED) is 0.757. The topological polar surface area (TPSA) is 84.5 Å². The Balaban J connectivity index is 1.69. The third kappa shape index (κ3) is 4.39. The second-order valence-electron chi connectivity index (χ2n) is 6.38. The molecule has 1 saturated carbocycles. The molecule has 3 rings (SSSR count). The molecule has 0 aromatic heterocycles. The van der Waals surface area contributed by atoms with Gasteiger partial charge in [0.1, 0.15) is 11.6 Å². The van der Waals surface area contributed by atoms with E-state index in [1.807, 2.05) is 0 Å². The van der Waals surface area contributed by atoms with E-state index in [1.54, 1.807) is 30.3 Å². The Morgan fingerprint density at radius 2 is 2.00 bits per heavy atom. The van der Waals surface area contributed by atoms with Gasteiger partial charge in [0, 0.05) is 17.7 Å². The molecule has 6 nitrogen and oxygen atoms in total. The van der Waals surface area contributed by atoms with Gasteiger partial charge in [-0.2, -0.15) is 0 Å². The maximum atomic E-state index is 13.8. The summed E-state index contributed by atoms with van der Waals surface area (Å²) in [7, 11) is -2.02. The van der Waals surface area contributed by atoms with Gasteiger partial charge in [-0.1, -0.05) is 18.2 Å². The van der Waals surface area contributed by atoms with Crippen molar-refractivity contribution in [3.05, 3.63) is 53.8 Å². The summed E-state index contributed by atoms with van der Waals surface area (Å²) in [5.74, 6) is -0.672. The van der Waals surface area contributed by atoms with E-state index in [4.69, 9.17) is 4.74 Å². The second kappa shape index (κ2) is 7.56. The first-order valence-corrected chi connectivity index (χ1v) is 10.2. The van der Waals surface area contributed by atoms with Crippen LogP contribution in [-0.4, -0.2) is 27.2 Å². The van der Waals surface area contributed by atoms with E-state index in [2.05, 4.69) is 10.0 Å². The minimum absolute atomic E-state index is 0.0618. The lowest BCUT2D eigenvalue weighted by atomic mass is 10.1. The zero-order chi connectivity index (χ0) is 19.6. The number of nitrogens with one attached hydrogen (secondary N) is 2. The second-order valence-corrected chi connectivity index (χ2v) is 8.39. The summed E-state index contributed by atoms with van der Waals surface area (Å²) in [6, 6.07) is 11.1. The summed E-state index contributed by atoms with van der Waals surface area (Å²) < 4.78 is 44.9. The molecule has 1 amide bonds. The van der Waals surface area contributed by atoms with E-state index < -0.39 is 10.0 Å². The molecule has 0 radical (unpaired) electrons. The Labute approximate surface area is 157 Å². The summed E-state index contributed by atoms with van der Waals surface area (Å²) >= 11 is 0. The molecule has 2 aromatic rings. The number of benzene rings is 2. The van der Waals surface area contributed by atoms with Gasteiger partial charge in [0.05, 0.1) is 18.6 Å². The fourth-order valence-electron chi connectivity index (χ4n) is 2.93. The van der Waals surface area contributed by atoms with Crippen molar-refractivity contribution in [3.8, 4) is 5.75 Å². The minimum atomic E-state index is -3.44. The van der Waals surface area contributed by atoms with Crippen molar-refractivity contribution in [3.63, 3.8) is 0 Å². The van der Waals surface area contributed by atoms with E-state index in [0.717, 1.165) is 0 Å². The third-order valence-electron chi connectivity index (χ3n) is 4.55. The molecular weight excluding hydrogens is 371 g/mol. The van der Waals surface area contributed by atoms with Crippen molar-refractivity contribution in [2.24, 2.45) is 5.92 Å². The van der Waals surface area contributed by atoms with Crippen LogP contribution in [0.2, 0.25) is 0 Å². The minimum Gasteiger partial charge on any atom is -0.494 e. The van der Waals surface area contributed by atoms with E-state index in [9.17, 15) is 17.6 Å². The average molecular weight is 392 g/mol. The van der Waals surface area contributed by atoms with Crippen LogP contribution in [0.3, 0.4) is 0 Å². The van der Waals surface area contributed by atoms with E-state index in [1.165, 1.54) is 26.2 Å². The van der Waals surface area contributed by atoms with Crippen molar-refractivity contribution in [1.82, 2.24) is 0 Å². The molecule has 8 heteroatoms. The maximum absolute atomic E-state index is 13.8. The van der Waals surface area contributed by atoms with Crippen molar-refractivity contribution < 1.29 is 22.3 Å². The largest absolute Gasteiger partial charge is 0.494 e. The molecule has 1 aliphatic rings. The number of ether oxygens (including phenoxy) is 1. The summed E-state index contributed by atoms with van der Waals surface area (Å²) in [6.45, 7) is 1.53. The maximum Gasteiger partial charge on any atom is 0.232 e. The van der Waals surface area contributed by atoms with Crippen LogP contribution in [0.15, 0.2) is 42.5 Å². The lowest BCUT2D eigenvalue weighted by Gasteiger charge is -2.13. The van der Waals surface area contributed by atoms with Gasteiger partial charge in [-0.25, -0.2) is 12.8 Å². The molecule has 1 fully saturated rings. The van der Waals surface area contributed by atoms with E-state index >= 15 is 0 Å². The molecule has 0 bridgehead atoms. The molecule has 2 aromatic carbocycles.